The summed E-state index contributed by atoms with van der Waals surface area (Å²) < 4.78 is 41.8. The first-order valence-corrected chi connectivity index (χ1v) is 5.81. The fourth-order valence-electron chi connectivity index (χ4n) is 1.56. The number of nitrogens with zero attached hydrogens (tertiary/aromatic N) is 1. The third-order valence-corrected chi connectivity index (χ3v) is 2.49. The van der Waals surface area contributed by atoms with E-state index >= 15 is 0 Å². The Hall–Kier alpha value is -2.05. The van der Waals surface area contributed by atoms with E-state index in [1.165, 1.54) is 12.1 Å². The minimum atomic E-state index is -4.53. The molecule has 4 nitrogen and oxygen atoms in total. The number of esters is 1. The van der Waals surface area contributed by atoms with E-state index in [9.17, 15) is 22.8 Å². The van der Waals surface area contributed by atoms with Crippen molar-refractivity contribution in [3.8, 4) is 0 Å². The highest BCUT2D eigenvalue weighted by Crippen LogP contribution is 2.18. The predicted molar refractivity (Wildman–Crippen MR) is 65.0 cm³/mol. The molecule has 0 aromatic heterocycles. The Morgan fingerprint density at radius 2 is 1.80 bits per heavy atom. The quantitative estimate of drug-likeness (QED) is 0.781. The Bertz CT molecular complexity index is 460. The van der Waals surface area contributed by atoms with Crippen LogP contribution in [0, 0.1) is 0 Å². The molecule has 0 heterocycles. The zero-order valence-electron chi connectivity index (χ0n) is 10.8. The Morgan fingerprint density at radius 1 is 1.20 bits per heavy atom. The first-order valence-electron chi connectivity index (χ1n) is 5.81. The van der Waals surface area contributed by atoms with E-state index in [-0.39, 0.29) is 18.5 Å². The summed E-state index contributed by atoms with van der Waals surface area (Å²) in [5.41, 5.74) is 0.140. The Balaban J connectivity index is 2.81. The molecule has 1 rings (SSSR count). The molecule has 0 unspecified atom stereocenters. The van der Waals surface area contributed by atoms with Crippen molar-refractivity contribution in [1.82, 2.24) is 4.90 Å². The Labute approximate surface area is 114 Å². The lowest BCUT2D eigenvalue weighted by molar-refractivity contribution is -0.147. The molecular formula is C13H14F3NO3. The molecule has 110 valence electrons. The molecule has 0 spiro atoms. The molecule has 0 bridgehead atoms. The summed E-state index contributed by atoms with van der Waals surface area (Å²) in [7, 11) is 1.13. The summed E-state index contributed by atoms with van der Waals surface area (Å²) >= 11 is 0. The van der Waals surface area contributed by atoms with Gasteiger partial charge in [-0.15, -0.1) is 0 Å². The second kappa shape index (κ2) is 6.93. The number of amides is 1. The van der Waals surface area contributed by atoms with E-state index in [0.29, 0.717) is 4.90 Å². The maximum Gasteiger partial charge on any atom is 0.406 e. The number of rotatable bonds is 5. The smallest absolute Gasteiger partial charge is 0.406 e. The van der Waals surface area contributed by atoms with E-state index in [1.54, 1.807) is 18.2 Å². The standard InChI is InChI=1S/C13H14F3NO3/c1-20-11(18)7-8-17(9-13(14,15)16)12(19)10-5-3-2-4-6-10/h2-6H,7-9H2,1H3. The minimum Gasteiger partial charge on any atom is -0.469 e. The van der Waals surface area contributed by atoms with Gasteiger partial charge in [0.05, 0.1) is 13.5 Å². The van der Waals surface area contributed by atoms with E-state index < -0.39 is 24.6 Å². The number of hydrogen-bond acceptors (Lipinski definition) is 3. The van der Waals surface area contributed by atoms with Crippen LogP contribution in [0.5, 0.6) is 0 Å². The lowest BCUT2D eigenvalue weighted by atomic mass is 10.2. The first-order chi connectivity index (χ1) is 9.33. The molecule has 0 N–H and O–H groups in total. The number of alkyl halides is 3. The van der Waals surface area contributed by atoms with Crippen molar-refractivity contribution in [1.29, 1.82) is 0 Å². The van der Waals surface area contributed by atoms with Crippen molar-refractivity contribution in [2.24, 2.45) is 0 Å². The van der Waals surface area contributed by atoms with E-state index in [4.69, 9.17) is 0 Å². The molecule has 0 aliphatic rings. The first kappa shape index (κ1) is 16.0. The topological polar surface area (TPSA) is 46.6 Å². The number of carbonyl (C=O) groups excluding carboxylic acids is 2. The van der Waals surface area contributed by atoms with Crippen molar-refractivity contribution in [3.63, 3.8) is 0 Å². The normalized spacial score (nSPS) is 11.0. The van der Waals surface area contributed by atoms with Gasteiger partial charge >= 0.3 is 12.1 Å². The van der Waals surface area contributed by atoms with Gasteiger partial charge in [-0.3, -0.25) is 9.59 Å². The van der Waals surface area contributed by atoms with Gasteiger partial charge in [0, 0.05) is 12.1 Å². The fraction of sp³-hybridized carbons (Fsp3) is 0.385. The van der Waals surface area contributed by atoms with Crippen LogP contribution in [-0.4, -0.2) is 43.2 Å². The fourth-order valence-corrected chi connectivity index (χ4v) is 1.56. The van der Waals surface area contributed by atoms with E-state index in [1.807, 2.05) is 0 Å². The summed E-state index contributed by atoms with van der Waals surface area (Å²) in [5.74, 6) is -1.44. The van der Waals surface area contributed by atoms with E-state index in [0.717, 1.165) is 7.11 Å². The largest absolute Gasteiger partial charge is 0.469 e. The van der Waals surface area contributed by atoms with Crippen LogP contribution in [0.1, 0.15) is 16.8 Å². The lowest BCUT2D eigenvalue weighted by Crippen LogP contribution is -2.40. The maximum atomic E-state index is 12.5. The summed E-state index contributed by atoms with van der Waals surface area (Å²) in [5, 5.41) is 0. The molecule has 20 heavy (non-hydrogen) atoms. The van der Waals surface area contributed by atoms with Crippen molar-refractivity contribution < 1.29 is 27.5 Å². The number of benzene rings is 1. The maximum absolute atomic E-state index is 12.5. The van der Waals surface area contributed by atoms with Crippen molar-refractivity contribution in [2.45, 2.75) is 12.6 Å². The van der Waals surface area contributed by atoms with E-state index in [2.05, 4.69) is 4.74 Å². The van der Waals surface area contributed by atoms with Gasteiger partial charge in [-0.1, -0.05) is 18.2 Å². The summed E-state index contributed by atoms with van der Waals surface area (Å²) in [6.07, 6.45) is -4.81. The molecule has 0 fully saturated rings. The van der Waals surface area contributed by atoms with Crippen LogP contribution in [-0.2, 0) is 9.53 Å². The monoisotopic (exact) mass is 289 g/mol. The van der Waals surface area contributed by atoms with Crippen molar-refractivity contribution in [2.75, 3.05) is 20.2 Å². The van der Waals surface area contributed by atoms with Crippen LogP contribution in [0.25, 0.3) is 0 Å². The van der Waals surface area contributed by atoms with Gasteiger partial charge in [0.25, 0.3) is 5.91 Å². The molecule has 1 aromatic rings. The van der Waals surface area contributed by atoms with Crippen LogP contribution in [0.4, 0.5) is 13.2 Å². The highest BCUT2D eigenvalue weighted by molar-refractivity contribution is 5.94. The van der Waals surface area contributed by atoms with Gasteiger partial charge in [0.1, 0.15) is 6.54 Å². The molecule has 0 aliphatic carbocycles. The van der Waals surface area contributed by atoms with Crippen molar-refractivity contribution >= 4 is 11.9 Å². The number of hydrogen-bond donors (Lipinski definition) is 0. The van der Waals surface area contributed by atoms with Crippen LogP contribution >= 0.6 is 0 Å². The number of methoxy groups -OCH3 is 1. The van der Waals surface area contributed by atoms with Crippen LogP contribution in [0.15, 0.2) is 30.3 Å². The molecule has 0 atom stereocenters. The average molecular weight is 289 g/mol. The zero-order valence-corrected chi connectivity index (χ0v) is 10.8. The van der Waals surface area contributed by atoms with Gasteiger partial charge in [-0.25, -0.2) is 0 Å². The predicted octanol–water partition coefficient (Wildman–Crippen LogP) is 2.25. The molecular weight excluding hydrogens is 275 g/mol. The molecule has 0 saturated heterocycles. The van der Waals surface area contributed by atoms with Gasteiger partial charge in [0.15, 0.2) is 0 Å². The second-order valence-corrected chi connectivity index (χ2v) is 4.03. The molecule has 0 aliphatic heterocycles. The Morgan fingerprint density at radius 3 is 2.30 bits per heavy atom. The third kappa shape index (κ3) is 5.29. The van der Waals surface area contributed by atoms with Crippen LogP contribution in [0.2, 0.25) is 0 Å². The van der Waals surface area contributed by atoms with Crippen LogP contribution < -0.4 is 0 Å². The van der Waals surface area contributed by atoms with Gasteiger partial charge in [-0.05, 0) is 12.1 Å². The summed E-state index contributed by atoms with van der Waals surface area (Å²) in [6, 6.07) is 7.60. The second-order valence-electron chi connectivity index (χ2n) is 4.03. The summed E-state index contributed by atoms with van der Waals surface area (Å²) in [4.78, 5) is 23.6. The number of halogens is 3. The summed E-state index contributed by atoms with van der Waals surface area (Å²) in [6.45, 7) is -1.75. The molecule has 1 aromatic carbocycles. The lowest BCUT2D eigenvalue weighted by Gasteiger charge is -2.23. The third-order valence-electron chi connectivity index (χ3n) is 2.49. The van der Waals surface area contributed by atoms with Crippen LogP contribution in [0.3, 0.4) is 0 Å². The number of carbonyl (C=O) groups is 2. The van der Waals surface area contributed by atoms with Crippen molar-refractivity contribution in [3.05, 3.63) is 35.9 Å². The van der Waals surface area contributed by atoms with Gasteiger partial charge in [0.2, 0.25) is 0 Å². The number of ether oxygens (including phenoxy) is 1. The molecule has 1 amide bonds. The average Bonchev–Trinajstić information content (AvgIpc) is 2.42. The highest BCUT2D eigenvalue weighted by atomic mass is 19.4. The van der Waals surface area contributed by atoms with Gasteiger partial charge < -0.3 is 9.64 Å². The molecule has 0 radical (unpaired) electrons. The minimum absolute atomic E-state index is 0.140. The Kier molecular flexibility index (Phi) is 5.54. The zero-order chi connectivity index (χ0) is 15.2. The molecule has 7 heteroatoms. The SMILES string of the molecule is COC(=O)CCN(CC(F)(F)F)C(=O)c1ccccc1. The molecule has 0 saturated carbocycles. The highest BCUT2D eigenvalue weighted by Gasteiger charge is 2.33. The van der Waals surface area contributed by atoms with Gasteiger partial charge in [-0.2, -0.15) is 13.2 Å².